The van der Waals surface area contributed by atoms with Crippen LogP contribution in [-0.2, 0) is 5.54 Å². The molecule has 2 atom stereocenters. The molecule has 1 aliphatic heterocycles. The van der Waals surface area contributed by atoms with Gasteiger partial charge in [-0.2, -0.15) is 0 Å². The number of rotatable bonds is 2. The summed E-state index contributed by atoms with van der Waals surface area (Å²) in [5.41, 5.74) is 1.03. The van der Waals surface area contributed by atoms with Crippen LogP contribution in [0.4, 0.5) is 0 Å². The second-order valence-corrected chi connectivity index (χ2v) is 4.64. The number of hydrogen-bond acceptors (Lipinski definition) is 3. The van der Waals surface area contributed by atoms with Gasteiger partial charge in [0, 0.05) is 5.54 Å². The highest BCUT2D eigenvalue weighted by atomic mass is 16.5. The smallest absolute Gasteiger partial charge is 0.119 e. The molecule has 0 bridgehead atoms. The van der Waals surface area contributed by atoms with E-state index in [1.54, 1.807) is 7.11 Å². The first-order chi connectivity index (χ1) is 7.64. The predicted molar refractivity (Wildman–Crippen MR) is 63.6 cm³/mol. The average Bonchev–Trinajstić information content (AvgIpc) is 2.29. The third-order valence-corrected chi connectivity index (χ3v) is 3.34. The summed E-state index contributed by atoms with van der Waals surface area (Å²) in [7, 11) is 1.67. The number of benzene rings is 1. The predicted octanol–water partition coefficient (Wildman–Crippen LogP) is 1.65. The molecule has 0 radical (unpaired) electrons. The summed E-state index contributed by atoms with van der Waals surface area (Å²) >= 11 is 0. The van der Waals surface area contributed by atoms with Gasteiger partial charge in [0.2, 0.25) is 0 Å². The van der Waals surface area contributed by atoms with E-state index in [2.05, 4.69) is 18.3 Å². The Morgan fingerprint density at radius 1 is 1.50 bits per heavy atom. The maximum absolute atomic E-state index is 9.76. The van der Waals surface area contributed by atoms with E-state index in [4.69, 9.17) is 4.74 Å². The summed E-state index contributed by atoms with van der Waals surface area (Å²) < 4.78 is 5.23. The number of aliphatic hydroxyl groups is 1. The Bertz CT molecular complexity index is 367. The number of methoxy groups -OCH3 is 1. The van der Waals surface area contributed by atoms with E-state index in [0.717, 1.165) is 25.1 Å². The molecule has 2 unspecified atom stereocenters. The molecule has 3 heteroatoms. The fourth-order valence-electron chi connectivity index (χ4n) is 2.35. The Hall–Kier alpha value is -1.06. The van der Waals surface area contributed by atoms with Crippen LogP contribution in [0.25, 0.3) is 0 Å². The summed E-state index contributed by atoms with van der Waals surface area (Å²) in [6.45, 7) is 2.99. The second-order valence-electron chi connectivity index (χ2n) is 4.64. The molecule has 1 fully saturated rings. The number of aliphatic hydroxyl groups excluding tert-OH is 1. The van der Waals surface area contributed by atoms with E-state index in [0.29, 0.717) is 0 Å². The lowest BCUT2D eigenvalue weighted by Gasteiger charge is -2.38. The molecule has 0 saturated carbocycles. The van der Waals surface area contributed by atoms with Crippen molar-refractivity contribution in [2.45, 2.75) is 31.4 Å². The SMILES string of the molecule is COc1cccc(C2(C)CC(O)CCN2)c1. The van der Waals surface area contributed by atoms with Gasteiger partial charge in [-0.15, -0.1) is 0 Å². The molecule has 88 valence electrons. The molecule has 3 nitrogen and oxygen atoms in total. The zero-order chi connectivity index (χ0) is 11.6. The van der Waals surface area contributed by atoms with Crippen molar-refractivity contribution in [2.75, 3.05) is 13.7 Å². The Balaban J connectivity index is 2.27. The van der Waals surface area contributed by atoms with Crippen molar-refractivity contribution in [3.63, 3.8) is 0 Å². The van der Waals surface area contributed by atoms with Gasteiger partial charge in [-0.3, -0.25) is 0 Å². The first kappa shape index (κ1) is 11.4. The van der Waals surface area contributed by atoms with Crippen molar-refractivity contribution >= 4 is 0 Å². The maximum Gasteiger partial charge on any atom is 0.119 e. The van der Waals surface area contributed by atoms with Crippen LogP contribution in [-0.4, -0.2) is 24.9 Å². The summed E-state index contributed by atoms with van der Waals surface area (Å²) in [6.07, 6.45) is 1.37. The third-order valence-electron chi connectivity index (χ3n) is 3.34. The number of ether oxygens (including phenoxy) is 1. The van der Waals surface area contributed by atoms with Crippen molar-refractivity contribution < 1.29 is 9.84 Å². The van der Waals surface area contributed by atoms with E-state index in [1.165, 1.54) is 5.56 Å². The van der Waals surface area contributed by atoms with Gasteiger partial charge >= 0.3 is 0 Å². The molecule has 0 aliphatic carbocycles. The molecule has 2 N–H and O–H groups in total. The standard InChI is InChI=1S/C13H19NO2/c1-13(9-11(15)6-7-14-13)10-4-3-5-12(8-10)16-2/h3-5,8,11,14-15H,6-7,9H2,1-2H3. The summed E-state index contributed by atoms with van der Waals surface area (Å²) in [5.74, 6) is 0.862. The van der Waals surface area contributed by atoms with Gasteiger partial charge in [-0.25, -0.2) is 0 Å². The summed E-state index contributed by atoms with van der Waals surface area (Å²) in [4.78, 5) is 0. The van der Waals surface area contributed by atoms with Crippen LogP contribution in [0.2, 0.25) is 0 Å². The molecule has 16 heavy (non-hydrogen) atoms. The zero-order valence-corrected chi connectivity index (χ0v) is 9.86. The molecule has 1 heterocycles. The minimum atomic E-state index is -0.211. The highest BCUT2D eigenvalue weighted by Gasteiger charge is 2.32. The van der Waals surface area contributed by atoms with Crippen LogP contribution in [0, 0.1) is 0 Å². The molecule has 1 aliphatic rings. The van der Waals surface area contributed by atoms with Crippen molar-refractivity contribution in [1.29, 1.82) is 0 Å². The number of piperidine rings is 1. The molecular formula is C13H19NO2. The topological polar surface area (TPSA) is 41.5 Å². The van der Waals surface area contributed by atoms with Crippen molar-refractivity contribution in [1.82, 2.24) is 5.32 Å². The minimum Gasteiger partial charge on any atom is -0.497 e. The van der Waals surface area contributed by atoms with Crippen molar-refractivity contribution in [3.05, 3.63) is 29.8 Å². The molecule has 1 aromatic carbocycles. The second kappa shape index (κ2) is 4.44. The van der Waals surface area contributed by atoms with Crippen LogP contribution in [0.5, 0.6) is 5.75 Å². The number of hydrogen-bond donors (Lipinski definition) is 2. The first-order valence-electron chi connectivity index (χ1n) is 5.72. The fourth-order valence-corrected chi connectivity index (χ4v) is 2.35. The van der Waals surface area contributed by atoms with Gasteiger partial charge in [0.15, 0.2) is 0 Å². The molecule has 0 spiro atoms. The van der Waals surface area contributed by atoms with Crippen LogP contribution in [0.1, 0.15) is 25.3 Å². The molecule has 0 amide bonds. The third kappa shape index (κ3) is 2.20. The van der Waals surface area contributed by atoms with Crippen LogP contribution in [0.15, 0.2) is 24.3 Å². The highest BCUT2D eigenvalue weighted by Crippen LogP contribution is 2.31. The van der Waals surface area contributed by atoms with E-state index >= 15 is 0 Å². The highest BCUT2D eigenvalue weighted by molar-refractivity contribution is 5.33. The Labute approximate surface area is 96.4 Å². The Kier molecular flexibility index (Phi) is 3.17. The first-order valence-corrected chi connectivity index (χ1v) is 5.72. The summed E-state index contributed by atoms with van der Waals surface area (Å²) in [6, 6.07) is 8.03. The number of nitrogens with one attached hydrogen (secondary N) is 1. The van der Waals surface area contributed by atoms with Gasteiger partial charge in [-0.1, -0.05) is 12.1 Å². The van der Waals surface area contributed by atoms with E-state index < -0.39 is 0 Å². The van der Waals surface area contributed by atoms with Crippen LogP contribution in [0.3, 0.4) is 0 Å². The minimum absolute atomic E-state index is 0.147. The van der Waals surface area contributed by atoms with E-state index in [1.807, 2.05) is 18.2 Å². The van der Waals surface area contributed by atoms with Gasteiger partial charge in [-0.05, 0) is 44.0 Å². The van der Waals surface area contributed by atoms with E-state index in [-0.39, 0.29) is 11.6 Å². The maximum atomic E-state index is 9.76. The molecule has 1 aromatic rings. The van der Waals surface area contributed by atoms with Gasteiger partial charge < -0.3 is 15.2 Å². The normalized spacial score (nSPS) is 30.1. The van der Waals surface area contributed by atoms with Crippen LogP contribution >= 0.6 is 0 Å². The van der Waals surface area contributed by atoms with Gasteiger partial charge in [0.05, 0.1) is 13.2 Å². The Morgan fingerprint density at radius 2 is 2.31 bits per heavy atom. The van der Waals surface area contributed by atoms with Crippen LogP contribution < -0.4 is 10.1 Å². The molecule has 2 rings (SSSR count). The largest absolute Gasteiger partial charge is 0.497 e. The average molecular weight is 221 g/mol. The van der Waals surface area contributed by atoms with Crippen molar-refractivity contribution in [3.8, 4) is 5.75 Å². The Morgan fingerprint density at radius 3 is 3.00 bits per heavy atom. The van der Waals surface area contributed by atoms with Crippen molar-refractivity contribution in [2.24, 2.45) is 0 Å². The van der Waals surface area contributed by atoms with Gasteiger partial charge in [0.1, 0.15) is 5.75 Å². The monoisotopic (exact) mass is 221 g/mol. The quantitative estimate of drug-likeness (QED) is 0.798. The lowest BCUT2D eigenvalue weighted by Crippen LogP contribution is -2.47. The zero-order valence-electron chi connectivity index (χ0n) is 9.86. The molecular weight excluding hydrogens is 202 g/mol. The lowest BCUT2D eigenvalue weighted by atomic mass is 9.83. The lowest BCUT2D eigenvalue weighted by molar-refractivity contribution is 0.0834. The van der Waals surface area contributed by atoms with Gasteiger partial charge in [0.25, 0.3) is 0 Å². The summed E-state index contributed by atoms with van der Waals surface area (Å²) in [5, 5.41) is 13.2. The fraction of sp³-hybridized carbons (Fsp3) is 0.538. The molecule has 1 saturated heterocycles. The molecule has 0 aromatic heterocycles. The van der Waals surface area contributed by atoms with E-state index in [9.17, 15) is 5.11 Å².